The number of hydrogen-bond acceptors (Lipinski definition) is 4. The van der Waals surface area contributed by atoms with Gasteiger partial charge in [-0.2, -0.15) is 5.10 Å². The molecule has 0 aliphatic rings. The van der Waals surface area contributed by atoms with Crippen molar-refractivity contribution in [2.24, 2.45) is 5.10 Å². The van der Waals surface area contributed by atoms with Crippen molar-refractivity contribution in [2.75, 3.05) is 10.8 Å². The first-order valence-corrected chi connectivity index (χ1v) is 11.5. The summed E-state index contributed by atoms with van der Waals surface area (Å²) in [5, 5.41) is 3.93. The van der Waals surface area contributed by atoms with E-state index in [1.165, 1.54) is 36.0 Å². The Morgan fingerprint density at radius 3 is 2.22 bits per heavy atom. The lowest BCUT2D eigenvalue weighted by atomic mass is 10.0. The molecule has 8 heteroatoms. The van der Waals surface area contributed by atoms with Gasteiger partial charge in [0.1, 0.15) is 12.4 Å². The fourth-order valence-electron chi connectivity index (χ4n) is 2.95. The van der Waals surface area contributed by atoms with E-state index in [4.69, 9.17) is 0 Å². The molecule has 3 aromatic rings. The van der Waals surface area contributed by atoms with Crippen molar-refractivity contribution >= 4 is 27.8 Å². The van der Waals surface area contributed by atoms with Gasteiger partial charge >= 0.3 is 0 Å². The molecule has 6 nitrogen and oxygen atoms in total. The molecular weight excluding hydrogens is 429 g/mol. The number of carbonyl (C=O) groups is 1. The molecule has 0 radical (unpaired) electrons. The molecule has 32 heavy (non-hydrogen) atoms. The van der Waals surface area contributed by atoms with E-state index in [1.807, 2.05) is 24.3 Å². The molecule has 0 spiro atoms. The maximum absolute atomic E-state index is 13.4. The summed E-state index contributed by atoms with van der Waals surface area (Å²) in [6, 6.07) is 20.4. The highest BCUT2D eigenvalue weighted by molar-refractivity contribution is 7.92. The van der Waals surface area contributed by atoms with E-state index < -0.39 is 28.3 Å². The van der Waals surface area contributed by atoms with Gasteiger partial charge < -0.3 is 0 Å². The zero-order valence-corrected chi connectivity index (χ0v) is 18.6. The topological polar surface area (TPSA) is 78.8 Å². The Hall–Kier alpha value is -3.52. The molecule has 0 aliphatic carbocycles. The first-order valence-electron chi connectivity index (χ1n) is 10.0. The minimum Gasteiger partial charge on any atom is -0.271 e. The molecule has 0 fully saturated rings. The van der Waals surface area contributed by atoms with Crippen molar-refractivity contribution in [1.82, 2.24) is 5.43 Å². The van der Waals surface area contributed by atoms with Crippen LogP contribution in [0.3, 0.4) is 0 Å². The molecule has 0 bridgehead atoms. The normalized spacial score (nSPS) is 11.6. The van der Waals surface area contributed by atoms with Gasteiger partial charge in [-0.15, -0.1) is 0 Å². The molecule has 3 rings (SSSR count). The maximum Gasteiger partial charge on any atom is 0.264 e. The van der Waals surface area contributed by atoms with Crippen molar-refractivity contribution in [2.45, 2.75) is 24.7 Å². The van der Waals surface area contributed by atoms with Gasteiger partial charge in [-0.05, 0) is 53.4 Å². The first-order chi connectivity index (χ1) is 15.3. The monoisotopic (exact) mass is 453 g/mol. The Labute approximate surface area is 187 Å². The van der Waals surface area contributed by atoms with Crippen molar-refractivity contribution < 1.29 is 17.6 Å². The highest BCUT2D eigenvalue weighted by Gasteiger charge is 2.27. The molecule has 0 unspecified atom stereocenters. The van der Waals surface area contributed by atoms with Crippen LogP contribution in [0.15, 0.2) is 88.9 Å². The van der Waals surface area contributed by atoms with Crippen molar-refractivity contribution in [3.05, 3.63) is 95.8 Å². The summed E-state index contributed by atoms with van der Waals surface area (Å²) in [5.74, 6) is -0.739. The number of hydrazone groups is 1. The third-order valence-corrected chi connectivity index (χ3v) is 6.53. The van der Waals surface area contributed by atoms with E-state index in [9.17, 15) is 17.6 Å². The van der Waals surface area contributed by atoms with E-state index in [0.29, 0.717) is 5.92 Å². The largest absolute Gasteiger partial charge is 0.271 e. The van der Waals surface area contributed by atoms with E-state index in [-0.39, 0.29) is 10.6 Å². The van der Waals surface area contributed by atoms with E-state index in [0.717, 1.165) is 22.0 Å². The van der Waals surface area contributed by atoms with E-state index in [1.54, 1.807) is 18.2 Å². The lowest BCUT2D eigenvalue weighted by molar-refractivity contribution is -0.119. The molecule has 0 heterocycles. The van der Waals surface area contributed by atoms with Crippen LogP contribution in [-0.4, -0.2) is 27.1 Å². The standard InChI is InChI=1S/C24H24FN3O3S/c1-18(2)20-10-8-19(9-11-20)16-26-27-24(29)17-28(22-14-12-21(25)13-15-22)32(30,31)23-6-4-3-5-7-23/h3-16,18H,17H2,1-2H3,(H,27,29)/b26-16-. The predicted molar refractivity (Wildman–Crippen MR) is 124 cm³/mol. The SMILES string of the molecule is CC(C)c1ccc(/C=N\NC(=O)CN(c2ccc(F)cc2)S(=O)(=O)c2ccccc2)cc1. The van der Waals surface area contributed by atoms with Crippen LogP contribution in [0.4, 0.5) is 10.1 Å². The van der Waals surface area contributed by atoms with Gasteiger partial charge in [-0.1, -0.05) is 56.3 Å². The summed E-state index contributed by atoms with van der Waals surface area (Å²) in [6.45, 7) is 3.67. The van der Waals surface area contributed by atoms with Gasteiger partial charge in [0, 0.05) is 0 Å². The Balaban J connectivity index is 1.77. The summed E-state index contributed by atoms with van der Waals surface area (Å²) in [4.78, 5) is 12.5. The average molecular weight is 454 g/mol. The van der Waals surface area contributed by atoms with Gasteiger partial charge in [-0.25, -0.2) is 18.2 Å². The van der Waals surface area contributed by atoms with Crippen molar-refractivity contribution in [3.63, 3.8) is 0 Å². The highest BCUT2D eigenvalue weighted by atomic mass is 32.2. The number of carbonyl (C=O) groups excluding carboxylic acids is 1. The Morgan fingerprint density at radius 1 is 1.00 bits per heavy atom. The molecule has 0 aliphatic heterocycles. The van der Waals surface area contributed by atoms with E-state index >= 15 is 0 Å². The summed E-state index contributed by atoms with van der Waals surface area (Å²) < 4.78 is 40.6. The van der Waals surface area contributed by atoms with Gasteiger partial charge in [0.05, 0.1) is 16.8 Å². The van der Waals surface area contributed by atoms with Crippen LogP contribution >= 0.6 is 0 Å². The zero-order valence-electron chi connectivity index (χ0n) is 17.8. The molecule has 3 aromatic carbocycles. The van der Waals surface area contributed by atoms with Crippen LogP contribution < -0.4 is 9.73 Å². The summed E-state index contributed by atoms with van der Waals surface area (Å²) in [7, 11) is -4.05. The summed E-state index contributed by atoms with van der Waals surface area (Å²) in [6.07, 6.45) is 1.48. The number of anilines is 1. The molecule has 0 saturated heterocycles. The smallest absolute Gasteiger partial charge is 0.264 e. The second-order valence-electron chi connectivity index (χ2n) is 7.42. The predicted octanol–water partition coefficient (Wildman–Crippen LogP) is 4.29. The number of nitrogens with one attached hydrogen (secondary N) is 1. The quantitative estimate of drug-likeness (QED) is 0.408. The number of amides is 1. The molecule has 0 atom stereocenters. The molecular formula is C24H24FN3O3S. The fraction of sp³-hybridized carbons (Fsp3) is 0.167. The van der Waals surface area contributed by atoms with Crippen molar-refractivity contribution in [3.8, 4) is 0 Å². The van der Waals surface area contributed by atoms with Crippen LogP contribution in [0.1, 0.15) is 30.9 Å². The number of halogens is 1. The Bertz CT molecular complexity index is 1180. The van der Waals surface area contributed by atoms with Gasteiger partial charge in [0.2, 0.25) is 0 Å². The zero-order chi connectivity index (χ0) is 23.1. The summed E-state index contributed by atoms with van der Waals surface area (Å²) in [5.41, 5.74) is 4.50. The average Bonchev–Trinajstić information content (AvgIpc) is 2.79. The third kappa shape index (κ3) is 5.79. The molecule has 166 valence electrons. The fourth-order valence-corrected chi connectivity index (χ4v) is 4.40. The second kappa shape index (κ2) is 10.2. The molecule has 1 N–H and O–H groups in total. The Kier molecular flexibility index (Phi) is 7.37. The third-order valence-electron chi connectivity index (χ3n) is 4.74. The van der Waals surface area contributed by atoms with E-state index in [2.05, 4.69) is 24.4 Å². The van der Waals surface area contributed by atoms with Crippen molar-refractivity contribution in [1.29, 1.82) is 0 Å². The minimum absolute atomic E-state index is 0.0193. The molecule has 0 saturated carbocycles. The number of benzene rings is 3. The van der Waals surface area contributed by atoms with Crippen LogP contribution in [0.5, 0.6) is 0 Å². The van der Waals surface area contributed by atoms with Crippen LogP contribution in [0.25, 0.3) is 0 Å². The van der Waals surface area contributed by atoms with Crippen LogP contribution in [0, 0.1) is 5.82 Å². The van der Waals surface area contributed by atoms with Crippen LogP contribution in [0.2, 0.25) is 0 Å². The lowest BCUT2D eigenvalue weighted by Gasteiger charge is -2.23. The number of hydrogen-bond donors (Lipinski definition) is 1. The van der Waals surface area contributed by atoms with Gasteiger partial charge in [0.15, 0.2) is 0 Å². The maximum atomic E-state index is 13.4. The number of rotatable bonds is 8. The van der Waals surface area contributed by atoms with Crippen LogP contribution in [-0.2, 0) is 14.8 Å². The second-order valence-corrected chi connectivity index (χ2v) is 9.28. The number of nitrogens with zero attached hydrogens (tertiary/aromatic N) is 2. The molecule has 1 amide bonds. The Morgan fingerprint density at radius 2 is 1.62 bits per heavy atom. The minimum atomic E-state index is -4.05. The van der Waals surface area contributed by atoms with Gasteiger partial charge in [0.25, 0.3) is 15.9 Å². The highest BCUT2D eigenvalue weighted by Crippen LogP contribution is 2.23. The lowest BCUT2D eigenvalue weighted by Crippen LogP contribution is -2.39. The summed E-state index contributed by atoms with van der Waals surface area (Å²) >= 11 is 0. The molecule has 0 aromatic heterocycles. The number of sulfonamides is 1. The first kappa shape index (κ1) is 23.1. The van der Waals surface area contributed by atoms with Gasteiger partial charge in [-0.3, -0.25) is 9.10 Å².